The van der Waals surface area contributed by atoms with Gasteiger partial charge in [0, 0.05) is 12.6 Å². The molecule has 162 valence electrons. The number of ether oxygens (including phenoxy) is 1. The fraction of sp³-hybridized carbons (Fsp3) is 0.150. The van der Waals surface area contributed by atoms with E-state index in [9.17, 15) is 18.0 Å². The van der Waals surface area contributed by atoms with Crippen molar-refractivity contribution in [2.24, 2.45) is 10.7 Å². The van der Waals surface area contributed by atoms with Gasteiger partial charge in [0.05, 0.1) is 11.5 Å². The molecule has 0 fully saturated rings. The van der Waals surface area contributed by atoms with Gasteiger partial charge in [-0.15, -0.1) is 0 Å². The minimum absolute atomic E-state index is 0.00361. The second-order valence-electron chi connectivity index (χ2n) is 6.25. The van der Waals surface area contributed by atoms with Crippen LogP contribution < -0.4 is 20.0 Å². The number of carbonyl (C=O) groups is 2. The lowest BCUT2D eigenvalue weighted by molar-refractivity contribution is -0.114. The van der Waals surface area contributed by atoms with Gasteiger partial charge in [-0.05, 0) is 66.7 Å². The molecule has 2 aromatic rings. The Balaban J connectivity index is 1.85. The highest BCUT2D eigenvalue weighted by Gasteiger charge is 2.22. The molecule has 0 bridgehead atoms. The summed E-state index contributed by atoms with van der Waals surface area (Å²) < 4.78 is 36.2. The predicted molar refractivity (Wildman–Crippen MR) is 118 cm³/mol. The third kappa shape index (κ3) is 5.64. The molecule has 11 heteroatoms. The fourth-order valence-corrected chi connectivity index (χ4v) is 4.22. The first-order chi connectivity index (χ1) is 14.7. The molecule has 2 amide bonds. The number of nitrogens with two attached hydrogens (primary N) is 1. The quantitative estimate of drug-likeness (QED) is 0.474. The second-order valence-corrected chi connectivity index (χ2v) is 8.86. The molecule has 1 heterocycles. The number of aliphatic imine (C=N–C) groups is 1. The molecule has 1 aliphatic heterocycles. The van der Waals surface area contributed by atoms with Gasteiger partial charge in [0.2, 0.25) is 5.91 Å². The summed E-state index contributed by atoms with van der Waals surface area (Å²) in [5.74, 6) is -0.517. The number of carbonyl (C=O) groups excluding carboxylic acids is 2. The molecule has 0 unspecified atom stereocenters. The Hall–Kier alpha value is -3.31. The number of hydrogen-bond donors (Lipinski definition) is 2. The highest BCUT2D eigenvalue weighted by molar-refractivity contribution is 8.18. The van der Waals surface area contributed by atoms with E-state index < -0.39 is 16.0 Å². The number of hydrogen-bond acceptors (Lipinski definition) is 8. The summed E-state index contributed by atoms with van der Waals surface area (Å²) >= 11 is 1.05. The smallest absolute Gasteiger partial charge is 0.339 e. The second kappa shape index (κ2) is 9.23. The van der Waals surface area contributed by atoms with Crippen LogP contribution in [-0.4, -0.2) is 32.0 Å². The molecule has 0 spiro atoms. The average molecular weight is 462 g/mol. The van der Waals surface area contributed by atoms with Gasteiger partial charge in [0.25, 0.3) is 5.91 Å². The summed E-state index contributed by atoms with van der Waals surface area (Å²) in [7, 11) is -4.15. The molecule has 0 radical (unpaired) electrons. The highest BCUT2D eigenvalue weighted by atomic mass is 32.2. The molecule has 0 atom stereocenters. The molecule has 0 saturated heterocycles. The lowest BCUT2D eigenvalue weighted by Crippen LogP contribution is -2.11. The van der Waals surface area contributed by atoms with Crippen molar-refractivity contribution in [3.63, 3.8) is 0 Å². The molecule has 0 saturated carbocycles. The van der Waals surface area contributed by atoms with Crippen LogP contribution in [0.5, 0.6) is 11.5 Å². The Morgan fingerprint density at radius 1 is 1.19 bits per heavy atom. The van der Waals surface area contributed by atoms with E-state index >= 15 is 0 Å². The third-order valence-electron chi connectivity index (χ3n) is 3.87. The summed E-state index contributed by atoms with van der Waals surface area (Å²) in [6, 6.07) is 10.2. The highest BCUT2D eigenvalue weighted by Crippen LogP contribution is 2.33. The normalized spacial score (nSPS) is 15.0. The zero-order chi connectivity index (χ0) is 22.6. The lowest BCUT2D eigenvalue weighted by atomic mass is 10.2. The van der Waals surface area contributed by atoms with Gasteiger partial charge in [0.1, 0.15) is 4.90 Å². The Bertz CT molecular complexity index is 1190. The largest absolute Gasteiger partial charge is 0.490 e. The minimum Gasteiger partial charge on any atom is -0.490 e. The Morgan fingerprint density at radius 3 is 2.48 bits per heavy atom. The van der Waals surface area contributed by atoms with Crippen LogP contribution in [0.25, 0.3) is 6.08 Å². The Kier molecular flexibility index (Phi) is 6.66. The van der Waals surface area contributed by atoms with Crippen molar-refractivity contribution in [2.75, 3.05) is 11.9 Å². The molecule has 1 aliphatic rings. The molecular weight excluding hydrogens is 442 g/mol. The van der Waals surface area contributed by atoms with E-state index in [4.69, 9.17) is 14.7 Å². The molecule has 9 nitrogen and oxygen atoms in total. The summed E-state index contributed by atoms with van der Waals surface area (Å²) in [6.07, 6.45) is 1.58. The van der Waals surface area contributed by atoms with Crippen molar-refractivity contribution in [1.29, 1.82) is 0 Å². The number of nitrogens with zero attached hydrogens (tertiary/aromatic N) is 1. The van der Waals surface area contributed by atoms with Crippen LogP contribution in [0, 0.1) is 0 Å². The number of nitrogens with one attached hydrogen (secondary N) is 1. The van der Waals surface area contributed by atoms with E-state index in [1.54, 1.807) is 25.1 Å². The zero-order valence-electron chi connectivity index (χ0n) is 16.6. The molecule has 0 aromatic heterocycles. The number of thioether (sulfide) groups is 1. The van der Waals surface area contributed by atoms with Crippen LogP contribution in [0.4, 0.5) is 5.69 Å². The first-order valence-electron chi connectivity index (χ1n) is 9.05. The average Bonchev–Trinajstić information content (AvgIpc) is 3.00. The topological polar surface area (TPSA) is 137 Å². The maximum atomic E-state index is 12.7. The Labute approximate surface area is 183 Å². The van der Waals surface area contributed by atoms with Gasteiger partial charge in [-0.2, -0.15) is 13.4 Å². The van der Waals surface area contributed by atoms with E-state index in [1.165, 1.54) is 37.3 Å². The molecule has 3 N–H and O–H groups in total. The van der Waals surface area contributed by atoms with Crippen LogP contribution in [-0.2, 0) is 19.7 Å². The number of rotatable bonds is 7. The van der Waals surface area contributed by atoms with E-state index in [1.807, 2.05) is 0 Å². The van der Waals surface area contributed by atoms with E-state index in [-0.39, 0.29) is 34.1 Å². The van der Waals surface area contributed by atoms with Gasteiger partial charge >= 0.3 is 10.1 Å². The monoisotopic (exact) mass is 461 g/mol. The fourth-order valence-electron chi connectivity index (χ4n) is 2.60. The molecule has 2 aromatic carbocycles. The molecule has 0 aliphatic carbocycles. The third-order valence-corrected chi connectivity index (χ3v) is 5.93. The van der Waals surface area contributed by atoms with E-state index in [2.05, 4.69) is 10.3 Å². The van der Waals surface area contributed by atoms with Crippen molar-refractivity contribution < 1.29 is 26.9 Å². The molecule has 31 heavy (non-hydrogen) atoms. The first kappa shape index (κ1) is 22.4. The van der Waals surface area contributed by atoms with Crippen LogP contribution in [0.2, 0.25) is 0 Å². The van der Waals surface area contributed by atoms with Crippen molar-refractivity contribution >= 4 is 50.6 Å². The molecule has 3 rings (SSSR count). The van der Waals surface area contributed by atoms with Crippen LogP contribution in [0.3, 0.4) is 0 Å². The van der Waals surface area contributed by atoms with Crippen LogP contribution in [0.1, 0.15) is 19.4 Å². The van der Waals surface area contributed by atoms with Crippen LogP contribution in [0.15, 0.2) is 57.3 Å². The van der Waals surface area contributed by atoms with Crippen molar-refractivity contribution in [3.8, 4) is 11.5 Å². The maximum Gasteiger partial charge on any atom is 0.339 e. The number of benzene rings is 2. The molecular formula is C20H19N3O6S2. The lowest BCUT2D eigenvalue weighted by Gasteiger charge is -2.13. The van der Waals surface area contributed by atoms with Crippen LogP contribution >= 0.6 is 11.8 Å². The van der Waals surface area contributed by atoms with E-state index in [0.717, 1.165) is 11.8 Å². The number of anilines is 1. The van der Waals surface area contributed by atoms with E-state index in [0.29, 0.717) is 16.2 Å². The van der Waals surface area contributed by atoms with Crippen molar-refractivity contribution in [1.82, 2.24) is 0 Å². The standard InChI is InChI=1S/C20H19N3O6S2/c1-3-28-17-10-13(11-18-19(25)23-20(21)30-18)4-9-16(17)29-31(26,27)15-7-5-14(6-8-15)22-12(2)24/h4-11H,3H2,1-2H3,(H,22,24)(H2,21,23,25)/b18-11-. The zero-order valence-corrected chi connectivity index (χ0v) is 18.2. The van der Waals surface area contributed by atoms with Gasteiger partial charge in [-0.1, -0.05) is 6.07 Å². The SMILES string of the molecule is CCOc1cc(/C=C2\SC(N)=NC2=O)ccc1OS(=O)(=O)c1ccc(NC(C)=O)cc1. The van der Waals surface area contributed by atoms with Gasteiger partial charge in [0.15, 0.2) is 16.7 Å². The van der Waals surface area contributed by atoms with Gasteiger partial charge in [-0.3, -0.25) is 9.59 Å². The summed E-state index contributed by atoms with van der Waals surface area (Å²) in [4.78, 5) is 26.8. The maximum absolute atomic E-state index is 12.7. The van der Waals surface area contributed by atoms with Gasteiger partial charge in [-0.25, -0.2) is 0 Å². The van der Waals surface area contributed by atoms with Crippen molar-refractivity contribution in [3.05, 3.63) is 52.9 Å². The Morgan fingerprint density at radius 2 is 1.90 bits per heavy atom. The predicted octanol–water partition coefficient (Wildman–Crippen LogP) is 2.74. The number of amidine groups is 1. The summed E-state index contributed by atoms with van der Waals surface area (Å²) in [5, 5.41) is 2.72. The minimum atomic E-state index is -4.15. The number of amides is 2. The summed E-state index contributed by atoms with van der Waals surface area (Å²) in [6.45, 7) is 3.37. The summed E-state index contributed by atoms with van der Waals surface area (Å²) in [5.41, 5.74) is 6.60. The van der Waals surface area contributed by atoms with Gasteiger partial charge < -0.3 is 20.0 Å². The van der Waals surface area contributed by atoms with Crippen molar-refractivity contribution in [2.45, 2.75) is 18.7 Å². The first-order valence-corrected chi connectivity index (χ1v) is 11.3.